The van der Waals surface area contributed by atoms with Crippen molar-refractivity contribution in [2.45, 2.75) is 6.18 Å². The van der Waals surface area contributed by atoms with Crippen molar-refractivity contribution in [1.82, 2.24) is 9.97 Å². The number of nitrogens with zero attached hydrogens (tertiary/aromatic N) is 2. The number of carboxylic acids is 1. The first-order valence-electron chi connectivity index (χ1n) is 7.96. The smallest absolute Gasteiger partial charge is 0.416 e. The minimum atomic E-state index is -4.42. The zero-order chi connectivity index (χ0) is 20.3. The highest BCUT2D eigenvalue weighted by Crippen LogP contribution is 2.33. The average Bonchev–Trinajstić information content (AvgIpc) is 2.67. The number of rotatable bonds is 5. The van der Waals surface area contributed by atoms with Crippen molar-refractivity contribution in [3.05, 3.63) is 66.0 Å². The molecule has 28 heavy (non-hydrogen) atoms. The van der Waals surface area contributed by atoms with E-state index in [2.05, 4.69) is 15.3 Å². The van der Waals surface area contributed by atoms with Crippen molar-refractivity contribution in [3.63, 3.8) is 0 Å². The number of aromatic nitrogens is 2. The van der Waals surface area contributed by atoms with Crippen LogP contribution >= 0.6 is 0 Å². The molecule has 0 unspecified atom stereocenters. The van der Waals surface area contributed by atoms with Crippen LogP contribution in [-0.4, -0.2) is 28.2 Å². The molecule has 0 atom stereocenters. The third-order valence-electron chi connectivity index (χ3n) is 3.88. The Morgan fingerprint density at radius 3 is 2.36 bits per heavy atom. The molecule has 0 fully saturated rings. The summed E-state index contributed by atoms with van der Waals surface area (Å²) < 4.78 is 43.2. The Morgan fingerprint density at radius 2 is 1.75 bits per heavy atom. The SMILES string of the molecule is COc1cc(-c2nccnc2Nc2ccc(C(F)(F)F)cc2)ccc1C(=O)O. The molecule has 2 aromatic carbocycles. The molecule has 0 saturated carbocycles. The maximum absolute atomic E-state index is 12.7. The van der Waals surface area contributed by atoms with Crippen LogP contribution < -0.4 is 10.1 Å². The summed E-state index contributed by atoms with van der Waals surface area (Å²) in [6.45, 7) is 0. The lowest BCUT2D eigenvalue weighted by molar-refractivity contribution is -0.137. The maximum atomic E-state index is 12.7. The van der Waals surface area contributed by atoms with Crippen LogP contribution in [0.5, 0.6) is 5.75 Å². The highest BCUT2D eigenvalue weighted by molar-refractivity contribution is 5.92. The van der Waals surface area contributed by atoms with Gasteiger partial charge in [0.2, 0.25) is 0 Å². The molecule has 3 rings (SSSR count). The first-order valence-corrected chi connectivity index (χ1v) is 7.96. The van der Waals surface area contributed by atoms with Crippen LogP contribution in [0.25, 0.3) is 11.3 Å². The lowest BCUT2D eigenvalue weighted by Gasteiger charge is -2.13. The lowest BCUT2D eigenvalue weighted by atomic mass is 10.1. The minimum Gasteiger partial charge on any atom is -0.496 e. The number of carboxylic acid groups (broad SMARTS) is 1. The van der Waals surface area contributed by atoms with E-state index in [1.807, 2.05) is 0 Å². The van der Waals surface area contributed by atoms with Gasteiger partial charge in [0.25, 0.3) is 0 Å². The molecule has 1 heterocycles. The number of carbonyl (C=O) groups is 1. The van der Waals surface area contributed by atoms with Gasteiger partial charge in [0.05, 0.1) is 12.7 Å². The Labute approximate surface area is 157 Å². The predicted octanol–water partition coefficient (Wildman–Crippen LogP) is 4.61. The zero-order valence-corrected chi connectivity index (χ0v) is 14.5. The van der Waals surface area contributed by atoms with E-state index in [1.165, 1.54) is 43.8 Å². The molecule has 1 aromatic heterocycles. The van der Waals surface area contributed by atoms with E-state index in [-0.39, 0.29) is 11.3 Å². The molecule has 6 nitrogen and oxygen atoms in total. The second-order valence-electron chi connectivity index (χ2n) is 5.67. The van der Waals surface area contributed by atoms with Crippen molar-refractivity contribution in [2.24, 2.45) is 0 Å². The number of aromatic carboxylic acids is 1. The van der Waals surface area contributed by atoms with Crippen LogP contribution in [0.2, 0.25) is 0 Å². The summed E-state index contributed by atoms with van der Waals surface area (Å²) in [5.74, 6) is -0.686. The fraction of sp³-hybridized carbons (Fsp3) is 0.105. The largest absolute Gasteiger partial charge is 0.496 e. The quantitative estimate of drug-likeness (QED) is 0.663. The van der Waals surface area contributed by atoms with Gasteiger partial charge in [-0.1, -0.05) is 6.07 Å². The van der Waals surface area contributed by atoms with Crippen LogP contribution in [0.4, 0.5) is 24.7 Å². The van der Waals surface area contributed by atoms with E-state index >= 15 is 0 Å². The highest BCUT2D eigenvalue weighted by Gasteiger charge is 2.30. The maximum Gasteiger partial charge on any atom is 0.416 e. The first kappa shape index (κ1) is 19.2. The molecule has 3 aromatic rings. The third-order valence-corrected chi connectivity index (χ3v) is 3.88. The topological polar surface area (TPSA) is 84.3 Å². The summed E-state index contributed by atoms with van der Waals surface area (Å²) >= 11 is 0. The number of benzene rings is 2. The normalized spacial score (nSPS) is 11.1. The van der Waals surface area contributed by atoms with Crippen molar-refractivity contribution in [3.8, 4) is 17.0 Å². The molecule has 0 aliphatic rings. The standard InChI is InChI=1S/C19H14F3N3O3/c1-28-15-10-11(2-7-14(15)18(26)27)16-17(24-9-8-23-16)25-13-5-3-12(4-6-13)19(20,21)22/h2-10H,1H3,(H,24,25)(H,26,27). The molecule has 0 radical (unpaired) electrons. The number of alkyl halides is 3. The summed E-state index contributed by atoms with van der Waals surface area (Å²) in [6, 6.07) is 8.93. The zero-order valence-electron chi connectivity index (χ0n) is 14.5. The van der Waals surface area contributed by atoms with Crippen LogP contribution in [0, 0.1) is 0 Å². The molecule has 0 saturated heterocycles. The average molecular weight is 389 g/mol. The fourth-order valence-electron chi connectivity index (χ4n) is 2.54. The molecule has 0 bridgehead atoms. The van der Waals surface area contributed by atoms with E-state index in [1.54, 1.807) is 6.07 Å². The molecule has 2 N–H and O–H groups in total. The van der Waals surface area contributed by atoms with Crippen molar-refractivity contribution in [1.29, 1.82) is 0 Å². The van der Waals surface area contributed by atoms with Gasteiger partial charge in [-0.3, -0.25) is 4.98 Å². The number of hydrogen-bond acceptors (Lipinski definition) is 5. The predicted molar refractivity (Wildman–Crippen MR) is 95.7 cm³/mol. The Morgan fingerprint density at radius 1 is 1.07 bits per heavy atom. The van der Waals surface area contributed by atoms with Gasteiger partial charge in [-0.2, -0.15) is 13.2 Å². The van der Waals surface area contributed by atoms with Gasteiger partial charge in [0, 0.05) is 23.6 Å². The molecule has 0 spiro atoms. The second kappa shape index (κ2) is 7.55. The Hall–Kier alpha value is -3.62. The van der Waals surface area contributed by atoms with E-state index in [0.29, 0.717) is 22.8 Å². The van der Waals surface area contributed by atoms with Crippen molar-refractivity contribution < 1.29 is 27.8 Å². The van der Waals surface area contributed by atoms with Crippen LogP contribution in [0.15, 0.2) is 54.9 Å². The summed E-state index contributed by atoms with van der Waals surface area (Å²) in [4.78, 5) is 19.7. The van der Waals surface area contributed by atoms with Gasteiger partial charge < -0.3 is 15.2 Å². The van der Waals surface area contributed by atoms with Crippen LogP contribution in [0.3, 0.4) is 0 Å². The van der Waals surface area contributed by atoms with Gasteiger partial charge in [-0.05, 0) is 36.4 Å². The molecular formula is C19H14F3N3O3. The highest BCUT2D eigenvalue weighted by atomic mass is 19.4. The second-order valence-corrected chi connectivity index (χ2v) is 5.67. The Kier molecular flexibility index (Phi) is 5.16. The van der Waals surface area contributed by atoms with Gasteiger partial charge in [0.15, 0.2) is 5.82 Å². The summed E-state index contributed by atoms with van der Waals surface area (Å²) in [7, 11) is 1.35. The van der Waals surface area contributed by atoms with E-state index < -0.39 is 17.7 Å². The van der Waals surface area contributed by atoms with E-state index in [4.69, 9.17) is 4.74 Å². The number of anilines is 2. The number of hydrogen-bond donors (Lipinski definition) is 2. The molecule has 0 aliphatic heterocycles. The number of ether oxygens (including phenoxy) is 1. The number of halogens is 3. The van der Waals surface area contributed by atoms with Crippen LogP contribution in [-0.2, 0) is 6.18 Å². The Balaban J connectivity index is 1.95. The molecule has 0 aliphatic carbocycles. The van der Waals surface area contributed by atoms with E-state index in [0.717, 1.165) is 12.1 Å². The number of methoxy groups -OCH3 is 1. The lowest BCUT2D eigenvalue weighted by Crippen LogP contribution is -2.05. The Bertz CT molecular complexity index is 1010. The molecule has 9 heteroatoms. The third kappa shape index (κ3) is 4.03. The molecular weight excluding hydrogens is 375 g/mol. The number of nitrogens with one attached hydrogen (secondary N) is 1. The monoisotopic (exact) mass is 389 g/mol. The first-order chi connectivity index (χ1) is 13.3. The minimum absolute atomic E-state index is 0.00705. The van der Waals surface area contributed by atoms with Gasteiger partial charge in [0.1, 0.15) is 17.0 Å². The van der Waals surface area contributed by atoms with Gasteiger partial charge in [-0.25, -0.2) is 9.78 Å². The summed E-state index contributed by atoms with van der Waals surface area (Å²) in [5.41, 5.74) is 0.546. The van der Waals surface area contributed by atoms with Gasteiger partial charge >= 0.3 is 12.1 Å². The summed E-state index contributed by atoms with van der Waals surface area (Å²) in [5, 5.41) is 12.1. The summed E-state index contributed by atoms with van der Waals surface area (Å²) in [6.07, 6.45) is -1.54. The molecule has 0 amide bonds. The van der Waals surface area contributed by atoms with Crippen molar-refractivity contribution in [2.75, 3.05) is 12.4 Å². The van der Waals surface area contributed by atoms with E-state index in [9.17, 15) is 23.1 Å². The molecule has 144 valence electrons. The van der Waals surface area contributed by atoms with Crippen molar-refractivity contribution >= 4 is 17.5 Å². The van der Waals surface area contributed by atoms with Gasteiger partial charge in [-0.15, -0.1) is 0 Å². The van der Waals surface area contributed by atoms with Crippen LogP contribution in [0.1, 0.15) is 15.9 Å². The fourth-order valence-corrected chi connectivity index (χ4v) is 2.54.